The summed E-state index contributed by atoms with van der Waals surface area (Å²) >= 11 is 6.23. The van der Waals surface area contributed by atoms with E-state index in [0.717, 1.165) is 11.3 Å². The van der Waals surface area contributed by atoms with Gasteiger partial charge in [-0.1, -0.05) is 23.7 Å². The Morgan fingerprint density at radius 2 is 2.29 bits per heavy atom. The summed E-state index contributed by atoms with van der Waals surface area (Å²) in [6.45, 7) is 6.88. The highest BCUT2D eigenvalue weighted by atomic mass is 35.5. The van der Waals surface area contributed by atoms with E-state index in [0.29, 0.717) is 18.1 Å². The molecular weight excluding hydrogens is 236 g/mol. The maximum absolute atomic E-state index is 9.02. The van der Waals surface area contributed by atoms with E-state index in [4.69, 9.17) is 22.4 Å². The van der Waals surface area contributed by atoms with E-state index in [9.17, 15) is 0 Å². The second-order valence-electron chi connectivity index (χ2n) is 3.96. The van der Waals surface area contributed by atoms with E-state index in [1.807, 2.05) is 30.0 Å². The molecule has 0 radical (unpaired) electrons. The topological polar surface area (TPSA) is 49.5 Å². The van der Waals surface area contributed by atoms with Crippen LogP contribution in [0.3, 0.4) is 0 Å². The summed E-state index contributed by atoms with van der Waals surface area (Å²) in [5.41, 5.74) is 7.69. The highest BCUT2D eigenvalue weighted by Crippen LogP contribution is 2.28. The van der Waals surface area contributed by atoms with Crippen LogP contribution in [0.1, 0.15) is 18.5 Å². The number of nitrogens with zero attached hydrogens (tertiary/aromatic N) is 1. The Kier molecular flexibility index (Phi) is 5.48. The predicted molar refractivity (Wildman–Crippen MR) is 73.6 cm³/mol. The Morgan fingerprint density at radius 1 is 1.59 bits per heavy atom. The molecule has 4 heteroatoms. The number of hydrogen-bond donors (Lipinski definition) is 2. The van der Waals surface area contributed by atoms with E-state index >= 15 is 0 Å². The van der Waals surface area contributed by atoms with Crippen molar-refractivity contribution in [1.29, 1.82) is 0 Å². The number of halogens is 1. The van der Waals surface area contributed by atoms with Gasteiger partial charge in [-0.05, 0) is 24.6 Å². The number of rotatable bonds is 6. The van der Waals surface area contributed by atoms with Crippen LogP contribution in [0, 0.1) is 0 Å². The van der Waals surface area contributed by atoms with Crippen LogP contribution in [0.5, 0.6) is 0 Å². The summed E-state index contributed by atoms with van der Waals surface area (Å²) in [7, 11) is 0. The predicted octanol–water partition coefficient (Wildman–Crippen LogP) is 2.34. The zero-order valence-corrected chi connectivity index (χ0v) is 10.8. The molecule has 0 bridgehead atoms. The summed E-state index contributed by atoms with van der Waals surface area (Å²) in [6.07, 6.45) is 1.78. The van der Waals surface area contributed by atoms with Crippen molar-refractivity contribution in [1.82, 2.24) is 0 Å². The van der Waals surface area contributed by atoms with Crippen LogP contribution in [0.25, 0.3) is 0 Å². The van der Waals surface area contributed by atoms with Crippen molar-refractivity contribution in [2.45, 2.75) is 13.0 Å². The monoisotopic (exact) mass is 254 g/mol. The molecule has 0 unspecified atom stereocenters. The largest absolute Gasteiger partial charge is 0.395 e. The van der Waals surface area contributed by atoms with Crippen molar-refractivity contribution in [3.05, 3.63) is 41.4 Å². The quantitative estimate of drug-likeness (QED) is 0.767. The molecule has 3 N–H and O–H groups in total. The van der Waals surface area contributed by atoms with E-state index in [1.165, 1.54) is 0 Å². The fraction of sp³-hybridized carbons (Fsp3) is 0.385. The van der Waals surface area contributed by atoms with Gasteiger partial charge in [0.25, 0.3) is 0 Å². The van der Waals surface area contributed by atoms with Gasteiger partial charge in [-0.15, -0.1) is 6.58 Å². The second kappa shape index (κ2) is 6.64. The molecule has 0 spiro atoms. The van der Waals surface area contributed by atoms with E-state index < -0.39 is 0 Å². The number of aliphatic hydroxyl groups is 1. The molecule has 0 aliphatic rings. The van der Waals surface area contributed by atoms with Crippen LogP contribution in [-0.4, -0.2) is 24.8 Å². The van der Waals surface area contributed by atoms with Crippen molar-refractivity contribution in [3.63, 3.8) is 0 Å². The van der Waals surface area contributed by atoms with Crippen LogP contribution >= 0.6 is 11.6 Å². The van der Waals surface area contributed by atoms with Gasteiger partial charge in [0.1, 0.15) is 0 Å². The first kappa shape index (κ1) is 14.0. The maximum Gasteiger partial charge on any atom is 0.0643 e. The first-order valence-electron chi connectivity index (χ1n) is 5.62. The summed E-state index contributed by atoms with van der Waals surface area (Å²) in [6, 6.07) is 5.72. The molecule has 0 aliphatic carbocycles. The average molecular weight is 255 g/mol. The molecule has 0 saturated carbocycles. The minimum atomic E-state index is -0.0350. The highest BCUT2D eigenvalue weighted by Gasteiger charge is 2.10. The Morgan fingerprint density at radius 3 is 2.76 bits per heavy atom. The van der Waals surface area contributed by atoms with Crippen molar-refractivity contribution in [2.24, 2.45) is 5.73 Å². The van der Waals surface area contributed by atoms with Gasteiger partial charge < -0.3 is 15.7 Å². The van der Waals surface area contributed by atoms with Crippen LogP contribution in [0.4, 0.5) is 5.69 Å². The van der Waals surface area contributed by atoms with Crippen molar-refractivity contribution >= 4 is 17.3 Å². The second-order valence-corrected chi connectivity index (χ2v) is 4.37. The van der Waals surface area contributed by atoms with Crippen LogP contribution < -0.4 is 10.6 Å². The molecule has 94 valence electrons. The van der Waals surface area contributed by atoms with Gasteiger partial charge in [0.2, 0.25) is 0 Å². The van der Waals surface area contributed by atoms with Gasteiger partial charge in [0, 0.05) is 19.1 Å². The van der Waals surface area contributed by atoms with Gasteiger partial charge >= 0.3 is 0 Å². The van der Waals surface area contributed by atoms with Crippen molar-refractivity contribution < 1.29 is 5.11 Å². The number of nitrogens with two attached hydrogens (primary N) is 1. The summed E-state index contributed by atoms with van der Waals surface area (Å²) in [5, 5.41) is 9.67. The third kappa shape index (κ3) is 3.73. The Labute approximate surface area is 107 Å². The van der Waals surface area contributed by atoms with Gasteiger partial charge in [0.05, 0.1) is 17.3 Å². The smallest absolute Gasteiger partial charge is 0.0643 e. The molecular formula is C13H19ClN2O. The van der Waals surface area contributed by atoms with Gasteiger partial charge in [-0.2, -0.15) is 0 Å². The molecule has 17 heavy (non-hydrogen) atoms. The highest BCUT2D eigenvalue weighted by molar-refractivity contribution is 6.33. The van der Waals surface area contributed by atoms with Gasteiger partial charge in [0.15, 0.2) is 0 Å². The van der Waals surface area contributed by atoms with Gasteiger partial charge in [-0.25, -0.2) is 0 Å². The lowest BCUT2D eigenvalue weighted by Crippen LogP contribution is -2.27. The van der Waals surface area contributed by atoms with E-state index in [2.05, 4.69) is 6.58 Å². The molecule has 0 amide bonds. The molecule has 1 aromatic rings. The molecule has 1 atom stereocenters. The van der Waals surface area contributed by atoms with Crippen molar-refractivity contribution in [3.8, 4) is 0 Å². The Balaban J connectivity index is 2.99. The average Bonchev–Trinajstić information content (AvgIpc) is 2.28. The third-order valence-electron chi connectivity index (χ3n) is 2.56. The summed E-state index contributed by atoms with van der Waals surface area (Å²) in [4.78, 5) is 1.97. The van der Waals surface area contributed by atoms with Crippen LogP contribution in [0.2, 0.25) is 5.02 Å². The number of aliphatic hydroxyl groups excluding tert-OH is 1. The minimum Gasteiger partial charge on any atom is -0.395 e. The number of benzene rings is 1. The van der Waals surface area contributed by atoms with Crippen molar-refractivity contribution in [2.75, 3.05) is 24.6 Å². The summed E-state index contributed by atoms with van der Waals surface area (Å²) < 4.78 is 0. The number of anilines is 1. The molecule has 0 aliphatic heterocycles. The molecule has 0 aromatic heterocycles. The standard InChI is InChI=1S/C13H19ClN2O/c1-3-6-16(7-8-17)13-5-4-11(10(2)15)9-12(13)14/h3-5,9-10,17H,1,6-8,15H2,2H3/t10-/m0/s1. The van der Waals surface area contributed by atoms with Gasteiger partial charge in [-0.3, -0.25) is 0 Å². The van der Waals surface area contributed by atoms with Crippen LogP contribution in [0.15, 0.2) is 30.9 Å². The lowest BCUT2D eigenvalue weighted by Gasteiger charge is -2.24. The third-order valence-corrected chi connectivity index (χ3v) is 2.86. The normalized spacial score (nSPS) is 12.2. The fourth-order valence-electron chi connectivity index (χ4n) is 1.65. The maximum atomic E-state index is 9.02. The molecule has 1 aromatic carbocycles. The SMILES string of the molecule is C=CCN(CCO)c1ccc([C@H](C)N)cc1Cl. The molecule has 1 rings (SSSR count). The zero-order chi connectivity index (χ0) is 12.8. The Bertz CT molecular complexity index is 380. The zero-order valence-electron chi connectivity index (χ0n) is 10.1. The fourth-order valence-corrected chi connectivity index (χ4v) is 1.96. The first-order valence-corrected chi connectivity index (χ1v) is 5.99. The van der Waals surface area contributed by atoms with Crippen LogP contribution in [-0.2, 0) is 0 Å². The minimum absolute atomic E-state index is 0.0350. The van der Waals surface area contributed by atoms with E-state index in [-0.39, 0.29) is 12.6 Å². The molecule has 0 saturated heterocycles. The molecule has 0 heterocycles. The first-order chi connectivity index (χ1) is 8.10. The Hall–Kier alpha value is -1.03. The lowest BCUT2D eigenvalue weighted by molar-refractivity contribution is 0.303. The molecule has 3 nitrogen and oxygen atoms in total. The van der Waals surface area contributed by atoms with E-state index in [1.54, 1.807) is 6.08 Å². The summed E-state index contributed by atoms with van der Waals surface area (Å²) in [5.74, 6) is 0. The number of hydrogen-bond acceptors (Lipinski definition) is 3. The molecule has 0 fully saturated rings. The lowest BCUT2D eigenvalue weighted by atomic mass is 10.1.